The molecule has 2 rings (SSSR count). The van der Waals surface area contributed by atoms with Gasteiger partial charge in [0.15, 0.2) is 0 Å². The van der Waals surface area contributed by atoms with Gasteiger partial charge in [0.05, 0.1) is 16.8 Å². The summed E-state index contributed by atoms with van der Waals surface area (Å²) in [6.07, 6.45) is 0.501. The van der Waals surface area contributed by atoms with Crippen molar-refractivity contribution in [3.05, 3.63) is 43.2 Å². The normalized spacial score (nSPS) is 10.5. The van der Waals surface area contributed by atoms with Crippen LogP contribution in [0, 0.1) is 0 Å². The van der Waals surface area contributed by atoms with Gasteiger partial charge in [-0.2, -0.15) is 0 Å². The number of amides is 1. The maximum absolute atomic E-state index is 11.9. The molecule has 2 aromatic heterocycles. The molecule has 0 atom stereocenters. The molecule has 0 aromatic carbocycles. The Bertz CT molecular complexity index is 492. The Hall–Kier alpha value is -0.650. The molecular weight excluding hydrogens is 318 g/mol. The van der Waals surface area contributed by atoms with Gasteiger partial charge >= 0.3 is 0 Å². The molecule has 0 saturated heterocycles. The van der Waals surface area contributed by atoms with Crippen LogP contribution in [0.5, 0.6) is 0 Å². The second-order valence-electron chi connectivity index (χ2n) is 3.71. The van der Waals surface area contributed by atoms with Gasteiger partial charge in [-0.1, -0.05) is 6.07 Å². The molecule has 1 amide bonds. The van der Waals surface area contributed by atoms with Gasteiger partial charge < -0.3 is 4.90 Å². The van der Waals surface area contributed by atoms with Crippen LogP contribution in [0.15, 0.2) is 33.4 Å². The molecule has 0 aliphatic rings. The largest absolute Gasteiger partial charge is 0.340 e. The number of carbonyl (C=O) groups excluding carboxylic acids is 1. The summed E-state index contributed by atoms with van der Waals surface area (Å²) >= 11 is 6.72. The fraction of sp³-hybridized carbons (Fsp3) is 0.250. The first-order chi connectivity index (χ1) is 8.15. The molecule has 2 heterocycles. The van der Waals surface area contributed by atoms with E-state index < -0.39 is 0 Å². The minimum absolute atomic E-state index is 0.164. The second kappa shape index (κ2) is 5.80. The summed E-state index contributed by atoms with van der Waals surface area (Å²) in [6.45, 7) is 0.681. The summed E-state index contributed by atoms with van der Waals surface area (Å²) in [5.41, 5.74) is 0. The third kappa shape index (κ3) is 3.66. The predicted octanol–water partition coefficient (Wildman–Crippen LogP) is 3.77. The smallest absolute Gasteiger partial charge is 0.227 e. The first-order valence-corrected chi connectivity index (χ1v) is 7.64. The number of halogens is 1. The zero-order chi connectivity index (χ0) is 12.3. The lowest BCUT2D eigenvalue weighted by atomic mass is 10.3. The van der Waals surface area contributed by atoms with Crippen molar-refractivity contribution < 1.29 is 4.79 Å². The minimum Gasteiger partial charge on any atom is -0.340 e. The molecule has 2 nitrogen and oxygen atoms in total. The monoisotopic (exact) mass is 329 g/mol. The quantitative estimate of drug-likeness (QED) is 0.836. The van der Waals surface area contributed by atoms with E-state index >= 15 is 0 Å². The first kappa shape index (κ1) is 12.8. The van der Waals surface area contributed by atoms with Gasteiger partial charge in [0, 0.05) is 16.8 Å². The Morgan fingerprint density at radius 2 is 2.18 bits per heavy atom. The van der Waals surface area contributed by atoms with E-state index in [1.165, 1.54) is 4.88 Å². The number of rotatable bonds is 4. The molecule has 0 bridgehead atoms. The summed E-state index contributed by atoms with van der Waals surface area (Å²) in [6, 6.07) is 8.03. The minimum atomic E-state index is 0.164. The van der Waals surface area contributed by atoms with Crippen molar-refractivity contribution in [3.63, 3.8) is 0 Å². The highest BCUT2D eigenvalue weighted by Crippen LogP contribution is 2.23. The predicted molar refractivity (Wildman–Crippen MR) is 76.5 cm³/mol. The summed E-state index contributed by atoms with van der Waals surface area (Å²) in [4.78, 5) is 16.0. The first-order valence-electron chi connectivity index (χ1n) is 5.15. The van der Waals surface area contributed by atoms with Crippen molar-refractivity contribution in [2.45, 2.75) is 13.0 Å². The SMILES string of the molecule is CN(Cc1ccc(Br)s1)C(=O)Cc1cccs1. The average molecular weight is 330 g/mol. The molecule has 90 valence electrons. The third-order valence-electron chi connectivity index (χ3n) is 2.35. The van der Waals surface area contributed by atoms with Crippen molar-refractivity contribution in [2.75, 3.05) is 7.05 Å². The Balaban J connectivity index is 1.91. The van der Waals surface area contributed by atoms with Gasteiger partial charge in [0.2, 0.25) is 5.91 Å². The Labute approximate surface area is 117 Å². The Morgan fingerprint density at radius 3 is 2.76 bits per heavy atom. The molecule has 0 spiro atoms. The topological polar surface area (TPSA) is 20.3 Å². The van der Waals surface area contributed by atoms with Crippen LogP contribution in [-0.4, -0.2) is 17.9 Å². The molecular formula is C12H12BrNOS2. The van der Waals surface area contributed by atoms with Gasteiger partial charge in [-0.25, -0.2) is 0 Å². The lowest BCUT2D eigenvalue weighted by Gasteiger charge is -2.15. The highest BCUT2D eigenvalue weighted by Gasteiger charge is 2.11. The van der Waals surface area contributed by atoms with Crippen LogP contribution in [-0.2, 0) is 17.8 Å². The van der Waals surface area contributed by atoms with E-state index in [0.29, 0.717) is 13.0 Å². The van der Waals surface area contributed by atoms with E-state index in [9.17, 15) is 4.79 Å². The van der Waals surface area contributed by atoms with Crippen molar-refractivity contribution >= 4 is 44.5 Å². The lowest BCUT2D eigenvalue weighted by Crippen LogP contribution is -2.27. The molecule has 0 aliphatic carbocycles. The number of thiophene rings is 2. The van der Waals surface area contributed by atoms with E-state index in [-0.39, 0.29) is 5.91 Å². The highest BCUT2D eigenvalue weighted by atomic mass is 79.9. The van der Waals surface area contributed by atoms with Crippen molar-refractivity contribution in [2.24, 2.45) is 0 Å². The van der Waals surface area contributed by atoms with Crippen molar-refractivity contribution in [1.82, 2.24) is 4.90 Å². The molecule has 0 aliphatic heterocycles. The summed E-state index contributed by atoms with van der Waals surface area (Å²) < 4.78 is 1.10. The van der Waals surface area contributed by atoms with Gasteiger partial charge in [-0.3, -0.25) is 4.79 Å². The van der Waals surface area contributed by atoms with Crippen molar-refractivity contribution in [1.29, 1.82) is 0 Å². The highest BCUT2D eigenvalue weighted by molar-refractivity contribution is 9.11. The molecule has 0 fully saturated rings. The van der Waals surface area contributed by atoms with Crippen LogP contribution < -0.4 is 0 Å². The summed E-state index contributed by atoms with van der Waals surface area (Å²) in [7, 11) is 1.85. The van der Waals surface area contributed by atoms with Crippen LogP contribution in [0.3, 0.4) is 0 Å². The average Bonchev–Trinajstić information content (AvgIpc) is 2.90. The van der Waals surface area contributed by atoms with E-state index in [1.807, 2.05) is 36.7 Å². The Morgan fingerprint density at radius 1 is 1.35 bits per heavy atom. The lowest BCUT2D eigenvalue weighted by molar-refractivity contribution is -0.129. The van der Waals surface area contributed by atoms with Gasteiger partial charge in [0.1, 0.15) is 0 Å². The van der Waals surface area contributed by atoms with Crippen LogP contribution in [0.2, 0.25) is 0 Å². The third-order valence-corrected chi connectivity index (χ3v) is 4.84. The molecule has 0 saturated carbocycles. The summed E-state index contributed by atoms with van der Waals surface area (Å²) in [5, 5.41) is 2.00. The van der Waals surface area contributed by atoms with Crippen LogP contribution in [0.1, 0.15) is 9.75 Å². The van der Waals surface area contributed by atoms with E-state index in [1.54, 1.807) is 27.6 Å². The molecule has 2 aromatic rings. The van der Waals surface area contributed by atoms with E-state index in [4.69, 9.17) is 0 Å². The van der Waals surface area contributed by atoms with E-state index in [0.717, 1.165) is 8.66 Å². The molecule has 0 radical (unpaired) electrons. The molecule has 17 heavy (non-hydrogen) atoms. The number of hydrogen-bond acceptors (Lipinski definition) is 3. The maximum Gasteiger partial charge on any atom is 0.227 e. The zero-order valence-corrected chi connectivity index (χ0v) is 12.6. The van der Waals surface area contributed by atoms with E-state index in [2.05, 4.69) is 15.9 Å². The van der Waals surface area contributed by atoms with Crippen LogP contribution >= 0.6 is 38.6 Å². The Kier molecular flexibility index (Phi) is 4.36. The van der Waals surface area contributed by atoms with Crippen molar-refractivity contribution in [3.8, 4) is 0 Å². The van der Waals surface area contributed by atoms with Gasteiger partial charge in [-0.05, 0) is 39.5 Å². The van der Waals surface area contributed by atoms with Crippen LogP contribution in [0.4, 0.5) is 0 Å². The number of carbonyl (C=O) groups is 1. The number of hydrogen-bond donors (Lipinski definition) is 0. The fourth-order valence-corrected chi connectivity index (χ4v) is 3.69. The number of likely N-dealkylation sites (N-methyl/N-ethyl adjacent to an activating group) is 1. The zero-order valence-electron chi connectivity index (χ0n) is 9.35. The summed E-state index contributed by atoms with van der Waals surface area (Å²) in [5.74, 6) is 0.164. The fourth-order valence-electron chi connectivity index (χ4n) is 1.46. The standard InChI is InChI=1S/C12H12BrNOS2/c1-14(8-10-4-5-11(13)17-10)12(15)7-9-3-2-6-16-9/h2-6H,7-8H2,1H3. The molecule has 0 N–H and O–H groups in total. The maximum atomic E-state index is 11.9. The molecule has 5 heteroatoms. The second-order valence-corrected chi connectivity index (χ2v) is 7.29. The molecule has 0 unspecified atom stereocenters. The van der Waals surface area contributed by atoms with Gasteiger partial charge in [-0.15, -0.1) is 22.7 Å². The van der Waals surface area contributed by atoms with Gasteiger partial charge in [0.25, 0.3) is 0 Å². The number of nitrogens with zero attached hydrogens (tertiary/aromatic N) is 1. The van der Waals surface area contributed by atoms with Crippen LogP contribution in [0.25, 0.3) is 0 Å².